The Hall–Kier alpha value is -2.24. The van der Waals surface area contributed by atoms with Crippen LogP contribution >= 0.6 is 11.3 Å². The molecule has 1 aromatic carbocycles. The van der Waals surface area contributed by atoms with Crippen molar-refractivity contribution in [1.82, 2.24) is 14.9 Å². The molecule has 118 valence electrons. The summed E-state index contributed by atoms with van der Waals surface area (Å²) in [7, 11) is 2.08. The Bertz CT molecular complexity index is 796. The molecule has 23 heavy (non-hydrogen) atoms. The standard InChI is InChI=1S/C18H19N3OS/c1-21(12-9-14-7-10-19-11-8-14)13-16-17(20-18(22)23-16)15-5-3-2-4-6-15/h2-8,10-11H,9,12-13H2,1H3,(H,20,22). The van der Waals surface area contributed by atoms with E-state index in [1.54, 1.807) is 0 Å². The van der Waals surface area contributed by atoms with Gasteiger partial charge in [0.25, 0.3) is 0 Å². The number of nitrogens with one attached hydrogen (secondary N) is 1. The molecule has 0 atom stereocenters. The summed E-state index contributed by atoms with van der Waals surface area (Å²) >= 11 is 1.30. The fourth-order valence-electron chi connectivity index (χ4n) is 2.50. The van der Waals surface area contributed by atoms with E-state index in [1.165, 1.54) is 16.9 Å². The number of thiazole rings is 1. The minimum Gasteiger partial charge on any atom is -0.312 e. The van der Waals surface area contributed by atoms with E-state index in [0.717, 1.165) is 35.6 Å². The van der Waals surface area contributed by atoms with E-state index < -0.39 is 0 Å². The predicted molar refractivity (Wildman–Crippen MR) is 94.7 cm³/mol. The first-order valence-electron chi connectivity index (χ1n) is 7.57. The molecule has 1 N–H and O–H groups in total. The quantitative estimate of drug-likeness (QED) is 0.757. The van der Waals surface area contributed by atoms with E-state index in [4.69, 9.17) is 0 Å². The van der Waals surface area contributed by atoms with Gasteiger partial charge in [0.1, 0.15) is 0 Å². The maximum Gasteiger partial charge on any atom is 0.305 e. The minimum absolute atomic E-state index is 0.00128. The summed E-state index contributed by atoms with van der Waals surface area (Å²) in [5.41, 5.74) is 3.28. The summed E-state index contributed by atoms with van der Waals surface area (Å²) in [6.07, 6.45) is 4.61. The number of nitrogens with zero attached hydrogens (tertiary/aromatic N) is 2. The molecule has 0 aliphatic rings. The molecule has 0 unspecified atom stereocenters. The lowest BCUT2D eigenvalue weighted by molar-refractivity contribution is 0.334. The Morgan fingerprint density at radius 2 is 1.87 bits per heavy atom. The molecule has 2 heterocycles. The van der Waals surface area contributed by atoms with E-state index in [2.05, 4.69) is 21.9 Å². The summed E-state index contributed by atoms with van der Waals surface area (Å²) in [6, 6.07) is 14.1. The van der Waals surface area contributed by atoms with Gasteiger partial charge in [-0.1, -0.05) is 41.7 Å². The first-order valence-corrected chi connectivity index (χ1v) is 8.39. The number of H-pyrrole nitrogens is 1. The molecular formula is C18H19N3OS. The van der Waals surface area contributed by atoms with Crippen molar-refractivity contribution in [3.8, 4) is 11.3 Å². The van der Waals surface area contributed by atoms with E-state index >= 15 is 0 Å². The van der Waals surface area contributed by atoms with E-state index in [0.29, 0.717) is 0 Å². The van der Waals surface area contributed by atoms with Gasteiger partial charge >= 0.3 is 4.87 Å². The molecule has 0 bridgehead atoms. The van der Waals surface area contributed by atoms with Crippen molar-refractivity contribution in [1.29, 1.82) is 0 Å². The Labute approximate surface area is 139 Å². The van der Waals surface area contributed by atoms with Crippen LogP contribution in [0.25, 0.3) is 11.3 Å². The third-order valence-corrected chi connectivity index (χ3v) is 4.60. The lowest BCUT2D eigenvalue weighted by Gasteiger charge is -2.16. The molecule has 3 aromatic rings. The molecule has 0 radical (unpaired) electrons. The minimum atomic E-state index is 0.00128. The number of hydrogen-bond donors (Lipinski definition) is 1. The average Bonchev–Trinajstić information content (AvgIpc) is 2.95. The molecular weight excluding hydrogens is 306 g/mol. The van der Waals surface area contributed by atoms with Crippen LogP contribution < -0.4 is 4.87 Å². The third-order valence-electron chi connectivity index (χ3n) is 3.73. The van der Waals surface area contributed by atoms with Crippen LogP contribution in [-0.2, 0) is 13.0 Å². The van der Waals surface area contributed by atoms with Gasteiger partial charge in [-0.15, -0.1) is 0 Å². The van der Waals surface area contributed by atoms with Crippen molar-refractivity contribution in [3.63, 3.8) is 0 Å². The van der Waals surface area contributed by atoms with E-state index in [9.17, 15) is 4.79 Å². The molecule has 0 aliphatic heterocycles. The van der Waals surface area contributed by atoms with Gasteiger partial charge in [0.2, 0.25) is 0 Å². The van der Waals surface area contributed by atoms with Crippen LogP contribution in [0.2, 0.25) is 0 Å². The van der Waals surface area contributed by atoms with Gasteiger partial charge < -0.3 is 9.88 Å². The molecule has 0 fully saturated rings. The fourth-order valence-corrected chi connectivity index (χ4v) is 3.44. The van der Waals surface area contributed by atoms with Crippen LogP contribution in [0.4, 0.5) is 0 Å². The predicted octanol–water partition coefficient (Wildman–Crippen LogP) is 3.17. The molecule has 0 saturated heterocycles. The number of benzene rings is 1. The Kier molecular flexibility index (Phi) is 5.00. The first kappa shape index (κ1) is 15.6. The first-order chi connectivity index (χ1) is 11.2. The van der Waals surface area contributed by atoms with Crippen molar-refractivity contribution in [3.05, 3.63) is 75.0 Å². The zero-order chi connectivity index (χ0) is 16.1. The van der Waals surface area contributed by atoms with E-state index in [-0.39, 0.29) is 4.87 Å². The van der Waals surface area contributed by atoms with Crippen LogP contribution in [-0.4, -0.2) is 28.5 Å². The number of aromatic nitrogens is 2. The molecule has 0 spiro atoms. The second-order valence-electron chi connectivity index (χ2n) is 5.52. The highest BCUT2D eigenvalue weighted by atomic mass is 32.1. The highest BCUT2D eigenvalue weighted by Crippen LogP contribution is 2.24. The molecule has 0 saturated carbocycles. The molecule has 2 aromatic heterocycles. The number of rotatable bonds is 6. The van der Waals surface area contributed by atoms with Gasteiger partial charge in [0.05, 0.1) is 5.69 Å². The summed E-state index contributed by atoms with van der Waals surface area (Å²) < 4.78 is 0. The van der Waals surface area contributed by atoms with E-state index in [1.807, 2.05) is 54.9 Å². The van der Waals surface area contributed by atoms with Crippen molar-refractivity contribution in [2.75, 3.05) is 13.6 Å². The smallest absolute Gasteiger partial charge is 0.305 e. The molecule has 0 amide bonds. The summed E-state index contributed by atoms with van der Waals surface area (Å²) in [5, 5.41) is 0. The van der Waals surface area contributed by atoms with Crippen LogP contribution in [0.1, 0.15) is 10.4 Å². The molecule has 4 nitrogen and oxygen atoms in total. The summed E-state index contributed by atoms with van der Waals surface area (Å²) in [5.74, 6) is 0. The lowest BCUT2D eigenvalue weighted by Crippen LogP contribution is -2.20. The highest BCUT2D eigenvalue weighted by molar-refractivity contribution is 7.09. The number of likely N-dealkylation sites (N-methyl/N-ethyl adjacent to an activating group) is 1. The monoisotopic (exact) mass is 325 g/mol. The maximum absolute atomic E-state index is 11.8. The number of pyridine rings is 1. The van der Waals surface area contributed by atoms with Crippen molar-refractivity contribution in [2.24, 2.45) is 0 Å². The van der Waals surface area contributed by atoms with Crippen LogP contribution in [0.5, 0.6) is 0 Å². The second kappa shape index (κ2) is 7.35. The second-order valence-corrected chi connectivity index (χ2v) is 6.59. The van der Waals surface area contributed by atoms with Crippen molar-refractivity contribution >= 4 is 11.3 Å². The highest BCUT2D eigenvalue weighted by Gasteiger charge is 2.12. The van der Waals surface area contributed by atoms with Gasteiger partial charge in [-0.25, -0.2) is 0 Å². The molecule has 3 rings (SSSR count). The Balaban J connectivity index is 1.69. The lowest BCUT2D eigenvalue weighted by atomic mass is 10.1. The largest absolute Gasteiger partial charge is 0.312 e. The Morgan fingerprint density at radius 1 is 1.13 bits per heavy atom. The Morgan fingerprint density at radius 3 is 2.61 bits per heavy atom. The van der Waals surface area contributed by atoms with Crippen LogP contribution in [0.15, 0.2) is 59.7 Å². The van der Waals surface area contributed by atoms with Gasteiger partial charge in [0, 0.05) is 30.4 Å². The number of aromatic amines is 1. The zero-order valence-electron chi connectivity index (χ0n) is 13.0. The topological polar surface area (TPSA) is 49.0 Å². The van der Waals surface area contributed by atoms with Crippen molar-refractivity contribution < 1.29 is 0 Å². The van der Waals surface area contributed by atoms with Gasteiger partial charge in [-0.3, -0.25) is 9.78 Å². The third kappa shape index (κ3) is 4.15. The maximum atomic E-state index is 11.8. The zero-order valence-corrected chi connectivity index (χ0v) is 13.8. The van der Waals surface area contributed by atoms with Gasteiger partial charge in [-0.05, 0) is 36.7 Å². The average molecular weight is 325 g/mol. The summed E-state index contributed by atoms with van der Waals surface area (Å²) in [6.45, 7) is 1.70. The SMILES string of the molecule is CN(CCc1ccncc1)Cc1sc(=O)[nH]c1-c1ccccc1. The summed E-state index contributed by atoms with van der Waals surface area (Å²) in [4.78, 5) is 22.1. The number of hydrogen-bond acceptors (Lipinski definition) is 4. The van der Waals surface area contributed by atoms with Gasteiger partial charge in [0.15, 0.2) is 0 Å². The molecule has 5 heteroatoms. The van der Waals surface area contributed by atoms with Crippen molar-refractivity contribution in [2.45, 2.75) is 13.0 Å². The molecule has 0 aliphatic carbocycles. The van der Waals surface area contributed by atoms with Crippen LogP contribution in [0.3, 0.4) is 0 Å². The fraction of sp³-hybridized carbons (Fsp3) is 0.222. The normalized spacial score (nSPS) is 11.0. The van der Waals surface area contributed by atoms with Crippen LogP contribution in [0, 0.1) is 0 Å². The van der Waals surface area contributed by atoms with Gasteiger partial charge in [-0.2, -0.15) is 0 Å².